The van der Waals surface area contributed by atoms with Gasteiger partial charge in [0.2, 0.25) is 5.91 Å². The molecule has 0 aromatic heterocycles. The Bertz CT molecular complexity index is 237. The van der Waals surface area contributed by atoms with Crippen molar-refractivity contribution in [3.63, 3.8) is 0 Å². The second-order valence-corrected chi connectivity index (χ2v) is 5.78. The largest absolute Gasteiger partial charge is 0.393 e. The zero-order chi connectivity index (χ0) is 10.6. The average Bonchev–Trinajstić information content (AvgIpc) is 2.52. The molecule has 0 aromatic carbocycles. The van der Waals surface area contributed by atoms with E-state index in [4.69, 9.17) is 18.0 Å². The third-order valence-electron chi connectivity index (χ3n) is 2.36. The van der Waals surface area contributed by atoms with Gasteiger partial charge >= 0.3 is 0 Å². The van der Waals surface area contributed by atoms with E-state index in [2.05, 4.69) is 5.32 Å². The molecular weight excluding hydrogens is 216 g/mol. The molecule has 1 unspecified atom stereocenters. The van der Waals surface area contributed by atoms with Crippen LogP contribution in [0.3, 0.4) is 0 Å². The smallest absolute Gasteiger partial charge is 0.235 e. The first kappa shape index (κ1) is 11.8. The predicted molar refractivity (Wildman–Crippen MR) is 64.5 cm³/mol. The highest BCUT2D eigenvalue weighted by Gasteiger charge is 2.36. The lowest BCUT2D eigenvalue weighted by Crippen LogP contribution is -2.41. The molecule has 1 fully saturated rings. The van der Waals surface area contributed by atoms with E-state index in [0.29, 0.717) is 18.0 Å². The van der Waals surface area contributed by atoms with Crippen LogP contribution < -0.4 is 11.1 Å². The zero-order valence-electron chi connectivity index (χ0n) is 8.34. The van der Waals surface area contributed by atoms with Crippen LogP contribution in [-0.2, 0) is 4.79 Å². The summed E-state index contributed by atoms with van der Waals surface area (Å²) in [5, 5.41) is 2.87. The van der Waals surface area contributed by atoms with Crippen molar-refractivity contribution < 1.29 is 4.79 Å². The Morgan fingerprint density at radius 2 is 2.43 bits per heavy atom. The summed E-state index contributed by atoms with van der Waals surface area (Å²) in [7, 11) is 0. The van der Waals surface area contributed by atoms with E-state index in [1.807, 2.05) is 6.92 Å². The molecule has 1 aliphatic heterocycles. The van der Waals surface area contributed by atoms with Gasteiger partial charge in [0.05, 0.1) is 9.74 Å². The van der Waals surface area contributed by atoms with Crippen LogP contribution in [0, 0.1) is 0 Å². The van der Waals surface area contributed by atoms with Crippen molar-refractivity contribution >= 4 is 34.9 Å². The van der Waals surface area contributed by atoms with Crippen LogP contribution in [0.2, 0.25) is 0 Å². The van der Waals surface area contributed by atoms with Gasteiger partial charge < -0.3 is 11.1 Å². The van der Waals surface area contributed by atoms with Gasteiger partial charge in [0.25, 0.3) is 0 Å². The Hall–Kier alpha value is -0.290. The molecule has 1 heterocycles. The summed E-state index contributed by atoms with van der Waals surface area (Å²) in [5.74, 6) is 1.20. The van der Waals surface area contributed by atoms with E-state index >= 15 is 0 Å². The average molecular weight is 232 g/mol. The normalized spacial score (nSPS) is 26.1. The van der Waals surface area contributed by atoms with Crippen LogP contribution in [-0.4, -0.2) is 27.9 Å². The van der Waals surface area contributed by atoms with Crippen LogP contribution >= 0.6 is 24.0 Å². The highest BCUT2D eigenvalue weighted by molar-refractivity contribution is 8.01. The molecule has 0 bridgehead atoms. The molecule has 0 aliphatic carbocycles. The number of amides is 1. The van der Waals surface area contributed by atoms with E-state index in [9.17, 15) is 4.79 Å². The number of nitrogens with one attached hydrogen (secondary N) is 1. The van der Waals surface area contributed by atoms with Crippen molar-refractivity contribution in [2.24, 2.45) is 5.73 Å². The van der Waals surface area contributed by atoms with Gasteiger partial charge in [-0.05, 0) is 25.5 Å². The maximum Gasteiger partial charge on any atom is 0.235 e. The number of rotatable bonds is 4. The Kier molecular flexibility index (Phi) is 4.19. The summed E-state index contributed by atoms with van der Waals surface area (Å²) < 4.78 is -0.226. The number of carbonyl (C=O) groups is 1. The summed E-state index contributed by atoms with van der Waals surface area (Å²) in [5.41, 5.74) is 5.34. The fourth-order valence-corrected chi connectivity index (χ4v) is 2.78. The Balaban J connectivity index is 2.30. The topological polar surface area (TPSA) is 55.1 Å². The number of thioether (sulfide) groups is 1. The molecule has 1 rings (SSSR count). The number of hydrogen-bond acceptors (Lipinski definition) is 3. The fourth-order valence-electron chi connectivity index (χ4n) is 1.44. The first-order chi connectivity index (χ1) is 6.54. The Morgan fingerprint density at radius 1 is 1.71 bits per heavy atom. The summed E-state index contributed by atoms with van der Waals surface area (Å²) in [6.45, 7) is 2.56. The molecule has 0 spiro atoms. The molecule has 1 aliphatic rings. The lowest BCUT2D eigenvalue weighted by molar-refractivity contribution is -0.123. The van der Waals surface area contributed by atoms with Gasteiger partial charge in [-0.1, -0.05) is 12.2 Å². The van der Waals surface area contributed by atoms with Gasteiger partial charge in [-0.15, -0.1) is 11.8 Å². The first-order valence-electron chi connectivity index (χ1n) is 4.75. The molecule has 5 heteroatoms. The predicted octanol–water partition coefficient (Wildman–Crippen LogP) is 1.06. The van der Waals surface area contributed by atoms with E-state index in [-0.39, 0.29) is 10.7 Å². The lowest BCUT2D eigenvalue weighted by Gasteiger charge is -2.21. The highest BCUT2D eigenvalue weighted by Crippen LogP contribution is 2.37. The first-order valence-corrected chi connectivity index (χ1v) is 6.14. The third-order valence-corrected chi connectivity index (χ3v) is 4.08. The number of carbonyl (C=O) groups excluding carboxylic acids is 1. The molecule has 1 saturated heterocycles. The van der Waals surface area contributed by atoms with Crippen molar-refractivity contribution in [1.82, 2.24) is 5.32 Å². The minimum absolute atomic E-state index is 0.122. The van der Waals surface area contributed by atoms with Crippen molar-refractivity contribution in [3.05, 3.63) is 0 Å². The molecule has 80 valence electrons. The van der Waals surface area contributed by atoms with Gasteiger partial charge in [-0.25, -0.2) is 0 Å². The number of thiocarbonyl (C=S) groups is 1. The summed E-state index contributed by atoms with van der Waals surface area (Å²) in [4.78, 5) is 12.2. The Morgan fingerprint density at radius 3 is 2.93 bits per heavy atom. The van der Waals surface area contributed by atoms with Crippen molar-refractivity contribution in [3.8, 4) is 0 Å². The molecular formula is C9H16N2OS2. The van der Waals surface area contributed by atoms with Crippen LogP contribution in [0.5, 0.6) is 0 Å². The van der Waals surface area contributed by atoms with Gasteiger partial charge in [-0.2, -0.15) is 0 Å². The minimum Gasteiger partial charge on any atom is -0.393 e. The van der Waals surface area contributed by atoms with Crippen LogP contribution in [0.25, 0.3) is 0 Å². The van der Waals surface area contributed by atoms with Crippen molar-refractivity contribution in [1.29, 1.82) is 0 Å². The molecule has 3 N–H and O–H groups in total. The quantitative estimate of drug-likeness (QED) is 0.712. The second kappa shape index (κ2) is 4.98. The van der Waals surface area contributed by atoms with E-state index < -0.39 is 0 Å². The molecule has 3 nitrogen and oxygen atoms in total. The molecule has 14 heavy (non-hydrogen) atoms. The lowest BCUT2D eigenvalue weighted by atomic mass is 10.1. The maximum absolute atomic E-state index is 11.7. The van der Waals surface area contributed by atoms with Gasteiger partial charge in [-0.3, -0.25) is 4.79 Å². The molecule has 0 radical (unpaired) electrons. The SMILES string of the molecule is CC1(C(=O)NCCC(N)=S)CCCS1. The van der Waals surface area contributed by atoms with Gasteiger partial charge in [0.1, 0.15) is 0 Å². The van der Waals surface area contributed by atoms with Crippen LogP contribution in [0.1, 0.15) is 26.2 Å². The van der Waals surface area contributed by atoms with Crippen molar-refractivity contribution in [2.75, 3.05) is 12.3 Å². The van der Waals surface area contributed by atoms with Gasteiger partial charge in [0, 0.05) is 13.0 Å². The third kappa shape index (κ3) is 3.13. The van der Waals surface area contributed by atoms with Crippen LogP contribution in [0.4, 0.5) is 0 Å². The van der Waals surface area contributed by atoms with Crippen molar-refractivity contribution in [2.45, 2.75) is 30.9 Å². The van der Waals surface area contributed by atoms with E-state index in [0.717, 1.165) is 18.6 Å². The standard InChI is InChI=1S/C9H16N2OS2/c1-9(4-2-6-14-9)8(12)11-5-3-7(10)13/h2-6H2,1H3,(H2,10,13)(H,11,12). The summed E-state index contributed by atoms with van der Waals surface area (Å²) in [6.07, 6.45) is 2.68. The maximum atomic E-state index is 11.7. The Labute approximate surface area is 94.2 Å². The van der Waals surface area contributed by atoms with E-state index in [1.54, 1.807) is 11.8 Å². The van der Waals surface area contributed by atoms with E-state index in [1.165, 1.54) is 0 Å². The highest BCUT2D eigenvalue weighted by atomic mass is 32.2. The monoisotopic (exact) mass is 232 g/mol. The molecule has 1 atom stereocenters. The van der Waals surface area contributed by atoms with Gasteiger partial charge in [0.15, 0.2) is 0 Å². The summed E-state index contributed by atoms with van der Waals surface area (Å²) >= 11 is 6.47. The van der Waals surface area contributed by atoms with Crippen LogP contribution in [0.15, 0.2) is 0 Å². The fraction of sp³-hybridized carbons (Fsp3) is 0.778. The zero-order valence-corrected chi connectivity index (χ0v) is 9.97. The number of hydrogen-bond donors (Lipinski definition) is 2. The molecule has 0 saturated carbocycles. The molecule has 1 amide bonds. The molecule has 0 aromatic rings. The minimum atomic E-state index is -0.226. The summed E-state index contributed by atoms with van der Waals surface area (Å²) in [6, 6.07) is 0. The second-order valence-electron chi connectivity index (χ2n) is 3.66. The number of nitrogens with two attached hydrogens (primary N) is 1.